The van der Waals surface area contributed by atoms with Crippen LogP contribution in [0, 0.1) is 6.92 Å². The number of nitrogens with one attached hydrogen (secondary N) is 1. The minimum absolute atomic E-state index is 0.363. The zero-order valence-electron chi connectivity index (χ0n) is 19.9. The third kappa shape index (κ3) is 6.02. The second-order valence-corrected chi connectivity index (χ2v) is 9.28. The molecule has 1 aliphatic heterocycles. The Hall–Kier alpha value is -3.65. The maximum atomic E-state index is 13.1. The van der Waals surface area contributed by atoms with E-state index in [9.17, 15) is 4.79 Å². The van der Waals surface area contributed by atoms with E-state index in [-0.39, 0.29) is 0 Å². The average molecular weight is 463 g/mol. The second-order valence-electron chi connectivity index (χ2n) is 9.28. The molecule has 0 saturated carbocycles. The molecule has 0 unspecified atom stereocenters. The number of rotatable bonds is 6. The molecule has 1 aliphatic rings. The molecule has 0 saturated heterocycles. The molecule has 178 valence electrons. The number of nitrogens with zero attached hydrogens (tertiary/aromatic N) is 3. The number of aryl methyl sites for hydroxylation is 1. The molecule has 0 radical (unpaired) electrons. The number of amides is 1. The quantitative estimate of drug-likeness (QED) is 0.471. The number of carbonyl (C=O) groups is 1. The van der Waals surface area contributed by atoms with Gasteiger partial charge in [-0.1, -0.05) is 48.0 Å². The van der Waals surface area contributed by atoms with E-state index in [4.69, 9.17) is 14.0 Å². The lowest BCUT2D eigenvalue weighted by molar-refractivity contribution is 0.0161. The molecule has 34 heavy (non-hydrogen) atoms. The van der Waals surface area contributed by atoms with Crippen molar-refractivity contribution in [3.05, 3.63) is 83.5 Å². The number of benzene rings is 2. The van der Waals surface area contributed by atoms with Crippen LogP contribution >= 0.6 is 0 Å². The maximum absolute atomic E-state index is 13.1. The van der Waals surface area contributed by atoms with Gasteiger partial charge >= 0.3 is 6.09 Å². The van der Waals surface area contributed by atoms with Gasteiger partial charge in [-0.2, -0.15) is 0 Å². The van der Waals surface area contributed by atoms with E-state index >= 15 is 0 Å². The number of aromatic nitrogens is 2. The van der Waals surface area contributed by atoms with Crippen molar-refractivity contribution in [3.63, 3.8) is 0 Å². The van der Waals surface area contributed by atoms with E-state index < -0.39 is 17.7 Å². The van der Waals surface area contributed by atoms with Gasteiger partial charge in [0.25, 0.3) is 0 Å². The highest BCUT2D eigenvalue weighted by Gasteiger charge is 2.35. The van der Waals surface area contributed by atoms with Gasteiger partial charge in [0.15, 0.2) is 0 Å². The Kier molecular flexibility index (Phi) is 6.98. The molecule has 2 aromatic carbocycles. The van der Waals surface area contributed by atoms with Crippen LogP contribution in [0.25, 0.3) is 11.5 Å². The summed E-state index contributed by atoms with van der Waals surface area (Å²) in [7, 11) is 0. The van der Waals surface area contributed by atoms with E-state index in [1.54, 1.807) is 6.20 Å². The first kappa shape index (κ1) is 23.5. The highest BCUT2D eigenvalue weighted by atomic mass is 16.6. The zero-order valence-corrected chi connectivity index (χ0v) is 19.9. The van der Waals surface area contributed by atoms with E-state index in [2.05, 4.69) is 15.7 Å². The molecular formula is C26H30N4O4. The lowest BCUT2D eigenvalue weighted by Gasteiger charge is -2.33. The number of allylic oxidation sites excluding steroid dienone is 1. The largest absolute Gasteiger partial charge is 0.443 e. The summed E-state index contributed by atoms with van der Waals surface area (Å²) in [4.78, 5) is 20.2. The van der Waals surface area contributed by atoms with Crippen molar-refractivity contribution in [1.29, 1.82) is 0 Å². The Morgan fingerprint density at radius 1 is 1.12 bits per heavy atom. The fraction of sp³-hybridized carbons (Fsp3) is 0.346. The molecule has 8 nitrogen and oxygen atoms in total. The summed E-state index contributed by atoms with van der Waals surface area (Å²) in [6.45, 7) is 7.91. The van der Waals surface area contributed by atoms with Crippen molar-refractivity contribution in [2.75, 3.05) is 0 Å². The third-order valence-corrected chi connectivity index (χ3v) is 5.23. The summed E-state index contributed by atoms with van der Waals surface area (Å²) in [5.41, 5.74) is 6.10. The zero-order chi connectivity index (χ0) is 24.1. The number of hydrogen-bond acceptors (Lipinski definition) is 7. The molecule has 0 bridgehead atoms. The standard InChI is InChI=1S/C26H30N4O4/c1-18-10-12-20(13-11-18)23-27-28-24(33-23)22-15-14-21(16-30(22)25(31)34-26(2,3)4)29-32-17-19-8-6-5-7-9-19/h5-13,16,22,29H,14-15,17H2,1-4H3/t22-/m0/s1. The van der Waals surface area contributed by atoms with Crippen molar-refractivity contribution in [3.8, 4) is 11.5 Å². The summed E-state index contributed by atoms with van der Waals surface area (Å²) >= 11 is 0. The molecule has 0 aliphatic carbocycles. The second kappa shape index (κ2) is 10.1. The average Bonchev–Trinajstić information content (AvgIpc) is 3.29. The van der Waals surface area contributed by atoms with Gasteiger partial charge < -0.3 is 9.15 Å². The van der Waals surface area contributed by atoms with Crippen molar-refractivity contribution >= 4 is 6.09 Å². The van der Waals surface area contributed by atoms with Gasteiger partial charge in [-0.15, -0.1) is 10.2 Å². The van der Waals surface area contributed by atoms with E-state index in [1.807, 2.05) is 82.3 Å². The van der Waals surface area contributed by atoms with Crippen LogP contribution in [0.15, 0.2) is 70.9 Å². The van der Waals surface area contributed by atoms with Gasteiger partial charge in [-0.05, 0) is 58.2 Å². The summed E-state index contributed by atoms with van der Waals surface area (Å²) in [5, 5.41) is 8.45. The number of hydroxylamine groups is 1. The van der Waals surface area contributed by atoms with Crippen LogP contribution < -0.4 is 5.48 Å². The number of hydrogen-bond donors (Lipinski definition) is 1. The van der Waals surface area contributed by atoms with Crippen molar-refractivity contribution < 1.29 is 18.8 Å². The Bertz CT molecular complexity index is 1130. The fourth-order valence-corrected chi connectivity index (χ4v) is 3.54. The fourth-order valence-electron chi connectivity index (χ4n) is 3.54. The molecule has 2 heterocycles. The maximum Gasteiger partial charge on any atom is 0.415 e. The van der Waals surface area contributed by atoms with Gasteiger partial charge in [0.05, 0.1) is 12.3 Å². The Morgan fingerprint density at radius 3 is 2.56 bits per heavy atom. The first-order chi connectivity index (χ1) is 16.3. The molecule has 1 atom stereocenters. The molecular weight excluding hydrogens is 432 g/mol. The summed E-state index contributed by atoms with van der Waals surface area (Å²) < 4.78 is 11.6. The lowest BCUT2D eigenvalue weighted by Crippen LogP contribution is -2.39. The highest BCUT2D eigenvalue weighted by Crippen LogP contribution is 2.34. The normalized spacial score (nSPS) is 16.2. The summed E-state index contributed by atoms with van der Waals surface area (Å²) in [6, 6.07) is 17.3. The lowest BCUT2D eigenvalue weighted by atomic mass is 10.0. The predicted molar refractivity (Wildman–Crippen MR) is 127 cm³/mol. The Morgan fingerprint density at radius 2 is 1.85 bits per heavy atom. The topological polar surface area (TPSA) is 89.7 Å². The molecule has 3 aromatic rings. The highest BCUT2D eigenvalue weighted by molar-refractivity contribution is 5.70. The molecule has 4 rings (SSSR count). The van der Waals surface area contributed by atoms with E-state index in [0.717, 1.165) is 22.4 Å². The Labute approximate surface area is 199 Å². The predicted octanol–water partition coefficient (Wildman–Crippen LogP) is 5.68. The Balaban J connectivity index is 1.52. The van der Waals surface area contributed by atoms with Crippen LogP contribution in [-0.2, 0) is 16.2 Å². The van der Waals surface area contributed by atoms with Crippen LogP contribution in [-0.4, -0.2) is 26.8 Å². The van der Waals surface area contributed by atoms with Crippen LogP contribution in [0.2, 0.25) is 0 Å². The van der Waals surface area contributed by atoms with Gasteiger partial charge in [-0.3, -0.25) is 15.2 Å². The molecule has 1 aromatic heterocycles. The first-order valence-electron chi connectivity index (χ1n) is 11.3. The molecule has 8 heteroatoms. The van der Waals surface area contributed by atoms with Crippen LogP contribution in [0.1, 0.15) is 56.7 Å². The van der Waals surface area contributed by atoms with Gasteiger partial charge in [-0.25, -0.2) is 4.79 Å². The van der Waals surface area contributed by atoms with Crippen LogP contribution in [0.5, 0.6) is 0 Å². The van der Waals surface area contributed by atoms with E-state index in [1.165, 1.54) is 4.90 Å². The van der Waals surface area contributed by atoms with Crippen LogP contribution in [0.4, 0.5) is 4.79 Å². The molecule has 0 spiro atoms. The molecule has 0 fully saturated rings. The number of ether oxygens (including phenoxy) is 1. The monoisotopic (exact) mass is 462 g/mol. The first-order valence-corrected chi connectivity index (χ1v) is 11.3. The van der Waals surface area contributed by atoms with E-state index in [0.29, 0.717) is 31.2 Å². The van der Waals surface area contributed by atoms with Gasteiger partial charge in [0.2, 0.25) is 11.8 Å². The SMILES string of the molecule is Cc1ccc(-c2nnc([C@@H]3CCC(NOCc4ccccc4)=CN3C(=O)OC(C)(C)C)o2)cc1. The smallest absolute Gasteiger partial charge is 0.415 e. The third-order valence-electron chi connectivity index (χ3n) is 5.23. The van der Waals surface area contributed by atoms with Crippen molar-refractivity contribution in [1.82, 2.24) is 20.6 Å². The summed E-state index contributed by atoms with van der Waals surface area (Å²) in [5.74, 6) is 0.778. The minimum Gasteiger partial charge on any atom is -0.443 e. The minimum atomic E-state index is -0.647. The van der Waals surface area contributed by atoms with Crippen LogP contribution in [0.3, 0.4) is 0 Å². The van der Waals surface area contributed by atoms with Gasteiger partial charge in [0.1, 0.15) is 11.6 Å². The van der Waals surface area contributed by atoms with Gasteiger partial charge in [0, 0.05) is 11.8 Å². The number of carbonyl (C=O) groups excluding carboxylic acids is 1. The van der Waals surface area contributed by atoms with Crippen molar-refractivity contribution in [2.24, 2.45) is 0 Å². The van der Waals surface area contributed by atoms with Crippen molar-refractivity contribution in [2.45, 2.75) is 58.8 Å². The molecule has 1 amide bonds. The molecule has 1 N–H and O–H groups in total. The summed E-state index contributed by atoms with van der Waals surface area (Å²) in [6.07, 6.45) is 2.42.